The van der Waals surface area contributed by atoms with E-state index in [9.17, 15) is 19.5 Å². The van der Waals surface area contributed by atoms with Crippen molar-refractivity contribution in [2.24, 2.45) is 5.92 Å². The van der Waals surface area contributed by atoms with E-state index in [1.165, 1.54) is 19.4 Å². The average molecular weight is 459 g/mol. The van der Waals surface area contributed by atoms with E-state index in [2.05, 4.69) is 10.6 Å². The molecule has 4 rings (SSSR count). The summed E-state index contributed by atoms with van der Waals surface area (Å²) in [7, 11) is 0. The summed E-state index contributed by atoms with van der Waals surface area (Å²) in [6.07, 6.45) is 3.20. The van der Waals surface area contributed by atoms with Gasteiger partial charge in [-0.2, -0.15) is 0 Å². The second kappa shape index (κ2) is 9.67. The lowest BCUT2D eigenvalue weighted by Crippen LogP contribution is -2.51. The van der Waals surface area contributed by atoms with Crippen molar-refractivity contribution >= 4 is 34.2 Å². The Labute approximate surface area is 199 Å². The monoisotopic (exact) mass is 458 g/mol. The third kappa shape index (κ3) is 5.28. The van der Waals surface area contributed by atoms with Gasteiger partial charge < -0.3 is 15.7 Å². The molecule has 3 aromatic carbocycles. The van der Waals surface area contributed by atoms with Gasteiger partial charge in [-0.25, -0.2) is 4.79 Å². The molecule has 6 nitrogen and oxygen atoms in total. The van der Waals surface area contributed by atoms with Gasteiger partial charge in [0.15, 0.2) is 0 Å². The number of amides is 2. The van der Waals surface area contributed by atoms with Crippen molar-refractivity contribution in [3.05, 3.63) is 77.9 Å². The molecule has 0 aromatic heterocycles. The van der Waals surface area contributed by atoms with Gasteiger partial charge in [0, 0.05) is 17.2 Å². The molecule has 34 heavy (non-hydrogen) atoms. The number of fused-ring (bicyclic) bond motifs is 1. The maximum Gasteiger partial charge on any atom is 0.328 e. The molecule has 6 heteroatoms. The van der Waals surface area contributed by atoms with Crippen molar-refractivity contribution < 1.29 is 19.5 Å². The molecule has 1 aliphatic rings. The van der Waals surface area contributed by atoms with Crippen LogP contribution in [0.4, 0.5) is 5.69 Å². The van der Waals surface area contributed by atoms with Crippen molar-refractivity contribution in [2.45, 2.75) is 51.0 Å². The summed E-state index contributed by atoms with van der Waals surface area (Å²) in [6, 6.07) is 21.5. The molecule has 0 bridgehead atoms. The number of carboxylic acids is 1. The summed E-state index contributed by atoms with van der Waals surface area (Å²) in [5.41, 5.74) is 1.28. The molecule has 1 aliphatic carbocycles. The highest BCUT2D eigenvalue weighted by molar-refractivity contribution is 6.06. The Morgan fingerprint density at radius 3 is 2.15 bits per heavy atom. The topological polar surface area (TPSA) is 95.5 Å². The molecular weight excluding hydrogens is 428 g/mol. The van der Waals surface area contributed by atoms with Crippen molar-refractivity contribution in [1.82, 2.24) is 5.32 Å². The molecule has 0 radical (unpaired) electrons. The predicted molar refractivity (Wildman–Crippen MR) is 133 cm³/mol. The van der Waals surface area contributed by atoms with Gasteiger partial charge in [0.1, 0.15) is 5.54 Å². The van der Waals surface area contributed by atoms with Gasteiger partial charge >= 0.3 is 5.97 Å². The average Bonchev–Trinajstić information content (AvgIpc) is 2.84. The normalized spacial score (nSPS) is 18.3. The summed E-state index contributed by atoms with van der Waals surface area (Å²) >= 11 is 0. The van der Waals surface area contributed by atoms with Crippen molar-refractivity contribution in [1.29, 1.82) is 0 Å². The quantitative estimate of drug-likeness (QED) is 0.464. The summed E-state index contributed by atoms with van der Waals surface area (Å²) < 4.78 is 0. The Morgan fingerprint density at radius 1 is 0.853 bits per heavy atom. The molecule has 1 fully saturated rings. The third-order valence-electron chi connectivity index (χ3n) is 6.72. The summed E-state index contributed by atoms with van der Waals surface area (Å²) in [5, 5.41) is 17.0. The molecule has 3 aromatic rings. The van der Waals surface area contributed by atoms with Crippen LogP contribution >= 0.6 is 0 Å². The van der Waals surface area contributed by atoms with Crippen LogP contribution in [0.2, 0.25) is 0 Å². The first-order chi connectivity index (χ1) is 16.2. The molecule has 0 heterocycles. The Balaban J connectivity index is 1.32. The van der Waals surface area contributed by atoms with E-state index in [1.807, 2.05) is 66.7 Å². The van der Waals surface area contributed by atoms with Gasteiger partial charge in [-0.05, 0) is 86.1 Å². The maximum atomic E-state index is 12.7. The fraction of sp³-hybridized carbons (Fsp3) is 0.321. The maximum absolute atomic E-state index is 12.7. The molecular formula is C28H30N2O4. The number of benzene rings is 3. The summed E-state index contributed by atoms with van der Waals surface area (Å²) in [4.78, 5) is 36.4. The van der Waals surface area contributed by atoms with Crippen LogP contribution in [-0.4, -0.2) is 28.4 Å². The molecule has 0 spiro atoms. The number of carbonyl (C=O) groups excluding carboxylic acids is 2. The SMILES string of the molecule is CC(C)(NC(=O)[C@H]1CC[C@H](c2ccc(NC(=O)c3ccc4ccccc4c3)cc2)CC1)C(=O)O. The number of carbonyl (C=O) groups is 3. The predicted octanol–water partition coefficient (Wildman–Crippen LogP) is 5.35. The first kappa shape index (κ1) is 23.5. The number of aliphatic carboxylic acids is 1. The smallest absolute Gasteiger partial charge is 0.328 e. The number of hydrogen-bond acceptors (Lipinski definition) is 3. The van der Waals surface area contributed by atoms with Gasteiger partial charge in [-0.1, -0.05) is 42.5 Å². The van der Waals surface area contributed by atoms with Crippen molar-refractivity contribution in [3.8, 4) is 0 Å². The Bertz CT molecular complexity index is 1210. The highest BCUT2D eigenvalue weighted by Gasteiger charge is 2.33. The first-order valence-corrected chi connectivity index (χ1v) is 11.7. The molecule has 0 saturated heterocycles. The fourth-order valence-electron chi connectivity index (χ4n) is 4.52. The zero-order valence-electron chi connectivity index (χ0n) is 19.5. The second-order valence-corrected chi connectivity index (χ2v) is 9.61. The largest absolute Gasteiger partial charge is 0.480 e. The molecule has 0 unspecified atom stereocenters. The van der Waals surface area contributed by atoms with E-state index in [-0.39, 0.29) is 17.7 Å². The lowest BCUT2D eigenvalue weighted by molar-refractivity contribution is -0.146. The second-order valence-electron chi connectivity index (χ2n) is 9.61. The fourth-order valence-corrected chi connectivity index (χ4v) is 4.52. The molecule has 0 atom stereocenters. The van der Waals surface area contributed by atoms with Crippen molar-refractivity contribution in [2.75, 3.05) is 5.32 Å². The standard InChI is InChI=1S/C28H30N2O4/c1-28(2,27(33)34)30-26(32)21-10-7-19(8-11-21)20-13-15-24(16-14-20)29-25(31)23-12-9-18-5-3-4-6-22(18)17-23/h3-6,9,12-17,19,21H,7-8,10-11H2,1-2H3,(H,29,31)(H,30,32)(H,33,34)/t19-,21-. The van der Waals surface area contributed by atoms with E-state index in [4.69, 9.17) is 0 Å². The number of hydrogen-bond donors (Lipinski definition) is 3. The van der Waals surface area contributed by atoms with E-state index < -0.39 is 11.5 Å². The highest BCUT2D eigenvalue weighted by Crippen LogP contribution is 2.36. The van der Waals surface area contributed by atoms with Gasteiger partial charge in [0.25, 0.3) is 5.91 Å². The van der Waals surface area contributed by atoms with Gasteiger partial charge in [0.2, 0.25) is 5.91 Å². The zero-order valence-corrected chi connectivity index (χ0v) is 19.5. The van der Waals surface area contributed by atoms with Crippen molar-refractivity contribution in [3.63, 3.8) is 0 Å². The van der Waals surface area contributed by atoms with E-state index in [1.54, 1.807) is 0 Å². The summed E-state index contributed by atoms with van der Waals surface area (Å²) in [5.74, 6) is -1.17. The molecule has 2 amide bonds. The molecule has 3 N–H and O–H groups in total. The Hall–Kier alpha value is -3.67. The number of anilines is 1. The van der Waals surface area contributed by atoms with Gasteiger partial charge in [-0.15, -0.1) is 0 Å². The minimum Gasteiger partial charge on any atom is -0.480 e. The lowest BCUT2D eigenvalue weighted by Gasteiger charge is -2.30. The zero-order chi connectivity index (χ0) is 24.3. The number of carboxylic acid groups (broad SMARTS) is 1. The van der Waals surface area contributed by atoms with Gasteiger partial charge in [-0.3, -0.25) is 9.59 Å². The van der Waals surface area contributed by atoms with E-state index in [0.717, 1.165) is 42.1 Å². The number of nitrogens with one attached hydrogen (secondary N) is 2. The van der Waals surface area contributed by atoms with Crippen LogP contribution in [0, 0.1) is 5.92 Å². The minimum atomic E-state index is -1.26. The molecule has 1 saturated carbocycles. The van der Waals surface area contributed by atoms with Crippen LogP contribution in [0.15, 0.2) is 66.7 Å². The Morgan fingerprint density at radius 2 is 1.50 bits per heavy atom. The van der Waals surface area contributed by atoms with Crippen LogP contribution in [0.1, 0.15) is 61.4 Å². The molecule has 176 valence electrons. The van der Waals surface area contributed by atoms with Crippen LogP contribution in [-0.2, 0) is 9.59 Å². The first-order valence-electron chi connectivity index (χ1n) is 11.7. The third-order valence-corrected chi connectivity index (χ3v) is 6.72. The van der Waals surface area contributed by atoms with Gasteiger partial charge in [0.05, 0.1) is 0 Å². The lowest BCUT2D eigenvalue weighted by atomic mass is 9.78. The van der Waals surface area contributed by atoms with E-state index >= 15 is 0 Å². The van der Waals surface area contributed by atoms with Crippen LogP contribution in [0.3, 0.4) is 0 Å². The summed E-state index contributed by atoms with van der Waals surface area (Å²) in [6.45, 7) is 3.00. The van der Waals surface area contributed by atoms with Crippen LogP contribution in [0.5, 0.6) is 0 Å². The van der Waals surface area contributed by atoms with Crippen LogP contribution < -0.4 is 10.6 Å². The number of rotatable bonds is 6. The highest BCUT2D eigenvalue weighted by atomic mass is 16.4. The van der Waals surface area contributed by atoms with Crippen LogP contribution in [0.25, 0.3) is 10.8 Å². The molecule has 0 aliphatic heterocycles. The Kier molecular flexibility index (Phi) is 6.68. The minimum absolute atomic E-state index is 0.144. The van der Waals surface area contributed by atoms with E-state index in [0.29, 0.717) is 11.5 Å².